The van der Waals surface area contributed by atoms with Crippen molar-refractivity contribution in [1.82, 2.24) is 0 Å². The van der Waals surface area contributed by atoms with Crippen LogP contribution in [0.4, 0.5) is 0 Å². The van der Waals surface area contributed by atoms with E-state index in [2.05, 4.69) is 46.3 Å². The summed E-state index contributed by atoms with van der Waals surface area (Å²) in [6.07, 6.45) is 9.73. The number of benzene rings is 1. The standard InChI is InChI=1S/C15H23BrS/c16-13-9-4-2-1-3-5-10-14-17-15-11-7-6-8-12-15/h6-8,11-12H,1-5,9-10,13-14H2. The highest BCUT2D eigenvalue weighted by molar-refractivity contribution is 9.09. The molecule has 1 aromatic rings. The number of rotatable bonds is 10. The highest BCUT2D eigenvalue weighted by Crippen LogP contribution is 2.19. The van der Waals surface area contributed by atoms with Gasteiger partial charge < -0.3 is 0 Å². The van der Waals surface area contributed by atoms with Crippen molar-refractivity contribution >= 4 is 27.7 Å². The van der Waals surface area contributed by atoms with E-state index in [1.54, 1.807) is 0 Å². The third kappa shape index (κ3) is 8.73. The van der Waals surface area contributed by atoms with Gasteiger partial charge in [-0.2, -0.15) is 0 Å². The van der Waals surface area contributed by atoms with Crippen molar-refractivity contribution in [2.24, 2.45) is 0 Å². The van der Waals surface area contributed by atoms with Gasteiger partial charge in [-0.05, 0) is 30.7 Å². The summed E-state index contributed by atoms with van der Waals surface area (Å²) in [6.45, 7) is 0. The van der Waals surface area contributed by atoms with Crippen molar-refractivity contribution in [3.05, 3.63) is 30.3 Å². The smallest absolute Gasteiger partial charge is 0.00719 e. The molecule has 0 aliphatic rings. The summed E-state index contributed by atoms with van der Waals surface area (Å²) in [4.78, 5) is 1.41. The van der Waals surface area contributed by atoms with Crippen LogP contribution < -0.4 is 0 Å². The topological polar surface area (TPSA) is 0 Å². The van der Waals surface area contributed by atoms with E-state index in [1.807, 2.05) is 11.8 Å². The number of hydrogen-bond acceptors (Lipinski definition) is 1. The first kappa shape index (κ1) is 15.1. The molecule has 1 aromatic carbocycles. The van der Waals surface area contributed by atoms with Crippen LogP contribution in [-0.4, -0.2) is 11.1 Å². The summed E-state index contributed by atoms with van der Waals surface area (Å²) in [5.74, 6) is 1.27. The molecule has 0 amide bonds. The molecule has 0 N–H and O–H groups in total. The summed E-state index contributed by atoms with van der Waals surface area (Å²) in [7, 11) is 0. The zero-order valence-electron chi connectivity index (χ0n) is 10.5. The van der Waals surface area contributed by atoms with Crippen molar-refractivity contribution in [3.63, 3.8) is 0 Å². The molecule has 17 heavy (non-hydrogen) atoms. The molecule has 0 spiro atoms. The maximum atomic E-state index is 3.47. The lowest BCUT2D eigenvalue weighted by Crippen LogP contribution is -1.83. The molecule has 0 saturated heterocycles. The van der Waals surface area contributed by atoms with Gasteiger partial charge in [-0.3, -0.25) is 0 Å². The second-order valence-electron chi connectivity index (χ2n) is 4.33. The van der Waals surface area contributed by atoms with Gasteiger partial charge in [0.15, 0.2) is 0 Å². The van der Waals surface area contributed by atoms with Crippen LogP contribution in [0.5, 0.6) is 0 Å². The number of thioether (sulfide) groups is 1. The van der Waals surface area contributed by atoms with Gasteiger partial charge in [-0.1, -0.05) is 66.2 Å². The van der Waals surface area contributed by atoms with Crippen LogP contribution in [-0.2, 0) is 0 Å². The van der Waals surface area contributed by atoms with Crippen molar-refractivity contribution in [3.8, 4) is 0 Å². The molecule has 0 unspecified atom stereocenters. The van der Waals surface area contributed by atoms with Gasteiger partial charge in [0.2, 0.25) is 0 Å². The molecule has 0 aliphatic carbocycles. The molecule has 2 heteroatoms. The van der Waals surface area contributed by atoms with E-state index in [1.165, 1.54) is 60.9 Å². The largest absolute Gasteiger partial charge is 0.126 e. The number of alkyl halides is 1. The number of halogens is 1. The van der Waals surface area contributed by atoms with Crippen LogP contribution in [0.15, 0.2) is 35.2 Å². The number of hydrogen-bond donors (Lipinski definition) is 0. The lowest BCUT2D eigenvalue weighted by molar-refractivity contribution is 0.606. The van der Waals surface area contributed by atoms with Crippen molar-refractivity contribution in [2.75, 3.05) is 11.1 Å². The van der Waals surface area contributed by atoms with Crippen LogP contribution >= 0.6 is 27.7 Å². The Morgan fingerprint density at radius 2 is 1.35 bits per heavy atom. The van der Waals surface area contributed by atoms with Crippen LogP contribution in [0.1, 0.15) is 44.9 Å². The Balaban J connectivity index is 1.85. The fourth-order valence-corrected chi connectivity index (χ4v) is 3.12. The molecule has 0 radical (unpaired) electrons. The molecule has 0 nitrogen and oxygen atoms in total. The van der Waals surface area contributed by atoms with Crippen molar-refractivity contribution in [2.45, 2.75) is 49.8 Å². The second kappa shape index (κ2) is 11.2. The molecule has 0 aromatic heterocycles. The molecule has 96 valence electrons. The van der Waals surface area contributed by atoms with E-state index in [0.29, 0.717) is 0 Å². The SMILES string of the molecule is BrCCCCCCCCCSc1ccccc1. The quantitative estimate of drug-likeness (QED) is 0.294. The Morgan fingerprint density at radius 1 is 0.765 bits per heavy atom. The normalized spacial score (nSPS) is 10.6. The molecule has 0 saturated carbocycles. The van der Waals surface area contributed by atoms with Crippen LogP contribution in [0.2, 0.25) is 0 Å². The van der Waals surface area contributed by atoms with Gasteiger partial charge in [0.25, 0.3) is 0 Å². The Kier molecular flexibility index (Phi) is 9.92. The van der Waals surface area contributed by atoms with Crippen molar-refractivity contribution < 1.29 is 0 Å². The van der Waals surface area contributed by atoms with Crippen LogP contribution in [0.25, 0.3) is 0 Å². The van der Waals surface area contributed by atoms with E-state index in [9.17, 15) is 0 Å². The maximum absolute atomic E-state index is 3.47. The Labute approximate surface area is 119 Å². The molecule has 0 bridgehead atoms. The predicted octanol–water partition coefficient (Wildman–Crippen LogP) is 5.90. The van der Waals surface area contributed by atoms with E-state index >= 15 is 0 Å². The van der Waals surface area contributed by atoms with Crippen molar-refractivity contribution in [1.29, 1.82) is 0 Å². The summed E-state index contributed by atoms with van der Waals surface area (Å²) >= 11 is 5.46. The molecular formula is C15H23BrS. The molecule has 0 aliphatic heterocycles. The molecule has 0 heterocycles. The van der Waals surface area contributed by atoms with Gasteiger partial charge in [-0.15, -0.1) is 11.8 Å². The van der Waals surface area contributed by atoms with Crippen LogP contribution in [0.3, 0.4) is 0 Å². The summed E-state index contributed by atoms with van der Waals surface area (Å²) in [5.41, 5.74) is 0. The van der Waals surface area contributed by atoms with Gasteiger partial charge in [0.1, 0.15) is 0 Å². The van der Waals surface area contributed by atoms with Gasteiger partial charge in [0, 0.05) is 10.2 Å². The minimum absolute atomic E-state index is 1.17. The fraction of sp³-hybridized carbons (Fsp3) is 0.600. The minimum atomic E-state index is 1.17. The summed E-state index contributed by atoms with van der Waals surface area (Å²) < 4.78 is 0. The summed E-state index contributed by atoms with van der Waals surface area (Å²) in [6, 6.07) is 10.7. The Bertz CT molecular complexity index is 261. The second-order valence-corrected chi connectivity index (χ2v) is 6.29. The first-order valence-corrected chi connectivity index (χ1v) is 8.78. The van der Waals surface area contributed by atoms with E-state index in [-0.39, 0.29) is 0 Å². The lowest BCUT2D eigenvalue weighted by atomic mass is 10.1. The minimum Gasteiger partial charge on any atom is -0.126 e. The molecule has 1 rings (SSSR count). The third-order valence-electron chi connectivity index (χ3n) is 2.79. The third-order valence-corrected chi connectivity index (χ3v) is 4.45. The zero-order valence-corrected chi connectivity index (χ0v) is 12.9. The van der Waals surface area contributed by atoms with Gasteiger partial charge in [-0.25, -0.2) is 0 Å². The first-order chi connectivity index (χ1) is 8.43. The highest BCUT2D eigenvalue weighted by atomic mass is 79.9. The van der Waals surface area contributed by atoms with E-state index in [0.717, 1.165) is 0 Å². The fourth-order valence-electron chi connectivity index (χ4n) is 1.79. The molecule has 0 fully saturated rings. The monoisotopic (exact) mass is 314 g/mol. The molecular weight excluding hydrogens is 292 g/mol. The highest BCUT2D eigenvalue weighted by Gasteiger charge is 1.94. The van der Waals surface area contributed by atoms with E-state index < -0.39 is 0 Å². The summed E-state index contributed by atoms with van der Waals surface area (Å²) in [5, 5.41) is 1.17. The molecule has 0 atom stereocenters. The van der Waals surface area contributed by atoms with Crippen LogP contribution in [0, 0.1) is 0 Å². The average molecular weight is 315 g/mol. The average Bonchev–Trinajstić information content (AvgIpc) is 2.38. The van der Waals surface area contributed by atoms with Gasteiger partial charge >= 0.3 is 0 Å². The number of unbranched alkanes of at least 4 members (excludes halogenated alkanes) is 6. The Morgan fingerprint density at radius 3 is 2.00 bits per heavy atom. The van der Waals surface area contributed by atoms with E-state index in [4.69, 9.17) is 0 Å². The van der Waals surface area contributed by atoms with Gasteiger partial charge in [0.05, 0.1) is 0 Å². The lowest BCUT2D eigenvalue weighted by Gasteiger charge is -2.02. The Hall–Kier alpha value is 0.0500. The maximum Gasteiger partial charge on any atom is 0.00719 e. The zero-order chi connectivity index (χ0) is 12.2. The first-order valence-electron chi connectivity index (χ1n) is 6.67. The predicted molar refractivity (Wildman–Crippen MR) is 83.3 cm³/mol.